The normalized spacial score (nSPS) is 15.6. The molecule has 2 N–H and O–H groups in total. The zero-order chi connectivity index (χ0) is 25.1. The van der Waals surface area contributed by atoms with Crippen LogP contribution in [-0.4, -0.2) is 34.8 Å². The van der Waals surface area contributed by atoms with Crippen LogP contribution in [0.25, 0.3) is 10.9 Å². The van der Waals surface area contributed by atoms with Crippen LogP contribution in [0.4, 0.5) is 10.2 Å². The molecule has 2 unspecified atom stereocenters. The molecule has 35 heavy (non-hydrogen) atoms. The van der Waals surface area contributed by atoms with E-state index in [1.54, 1.807) is 6.07 Å². The second-order valence-corrected chi connectivity index (χ2v) is 10.7. The first-order valence-electron chi connectivity index (χ1n) is 11.4. The molecule has 2 atom stereocenters. The Morgan fingerprint density at radius 1 is 1.26 bits per heavy atom. The van der Waals surface area contributed by atoms with Crippen molar-refractivity contribution in [3.63, 3.8) is 0 Å². The lowest BCUT2D eigenvalue weighted by atomic mass is 9.87. The maximum absolute atomic E-state index is 14.0. The van der Waals surface area contributed by atoms with Gasteiger partial charge in [0.1, 0.15) is 11.6 Å². The van der Waals surface area contributed by atoms with Crippen molar-refractivity contribution < 1.29 is 23.5 Å². The van der Waals surface area contributed by atoms with Crippen LogP contribution < -0.4 is 5.32 Å². The molecule has 1 aromatic heterocycles. The van der Waals surface area contributed by atoms with Gasteiger partial charge < -0.3 is 15.0 Å². The summed E-state index contributed by atoms with van der Waals surface area (Å²) in [6.07, 6.45) is 2.05. The number of thioether (sulfide) groups is 1. The quantitative estimate of drug-likeness (QED) is 0.343. The van der Waals surface area contributed by atoms with Gasteiger partial charge in [-0.2, -0.15) is 0 Å². The largest absolute Gasteiger partial charge is 0.469 e. The van der Waals surface area contributed by atoms with E-state index in [-0.39, 0.29) is 29.8 Å². The number of nitrogens with one attached hydrogen (secondary N) is 2. The molecule has 1 amide bonds. The van der Waals surface area contributed by atoms with Gasteiger partial charge in [0.25, 0.3) is 0 Å². The zero-order valence-corrected chi connectivity index (χ0v) is 21.9. The second kappa shape index (κ2) is 11.0. The molecule has 184 valence electrons. The number of carbonyl (C=O) groups is 3. The molecule has 0 aliphatic heterocycles. The number of halogens is 2. The summed E-state index contributed by atoms with van der Waals surface area (Å²) in [5.74, 6) is -0.686. The predicted molar refractivity (Wildman–Crippen MR) is 139 cm³/mol. The smallest absolute Gasteiger partial charge is 0.305 e. The SMILES string of the molecule is COC(=O)CCc1c(NC(=O)C(CSC(C)=O)C2CCc3cc(Br)ccc32)[nH]c2ccc(F)cc12. The Morgan fingerprint density at radius 2 is 2.06 bits per heavy atom. The van der Waals surface area contributed by atoms with Crippen molar-refractivity contribution in [2.45, 2.75) is 38.5 Å². The molecule has 0 saturated carbocycles. The van der Waals surface area contributed by atoms with Gasteiger partial charge in [0.2, 0.25) is 5.91 Å². The van der Waals surface area contributed by atoms with E-state index in [0.717, 1.165) is 34.6 Å². The highest BCUT2D eigenvalue weighted by Gasteiger charge is 2.35. The summed E-state index contributed by atoms with van der Waals surface area (Å²) < 4.78 is 19.8. The summed E-state index contributed by atoms with van der Waals surface area (Å²) in [6, 6.07) is 10.4. The Balaban J connectivity index is 1.65. The molecule has 3 aromatic rings. The van der Waals surface area contributed by atoms with Gasteiger partial charge in [-0.05, 0) is 66.6 Å². The molecule has 0 bridgehead atoms. The Morgan fingerprint density at radius 3 is 2.80 bits per heavy atom. The van der Waals surface area contributed by atoms with E-state index in [4.69, 9.17) is 4.74 Å². The number of methoxy groups -OCH3 is 1. The fraction of sp³-hybridized carbons (Fsp3) is 0.346. The van der Waals surface area contributed by atoms with Crippen molar-refractivity contribution in [2.75, 3.05) is 18.2 Å². The van der Waals surface area contributed by atoms with E-state index in [1.807, 2.05) is 12.1 Å². The lowest BCUT2D eigenvalue weighted by molar-refractivity contribution is -0.140. The van der Waals surface area contributed by atoms with Gasteiger partial charge in [-0.25, -0.2) is 4.39 Å². The van der Waals surface area contributed by atoms with Gasteiger partial charge in [0.05, 0.1) is 13.0 Å². The number of fused-ring (bicyclic) bond motifs is 2. The number of carbonyl (C=O) groups excluding carboxylic acids is 3. The van der Waals surface area contributed by atoms with Crippen LogP contribution in [0.5, 0.6) is 0 Å². The molecule has 0 saturated heterocycles. The lowest BCUT2D eigenvalue weighted by Crippen LogP contribution is -2.30. The lowest BCUT2D eigenvalue weighted by Gasteiger charge is -2.23. The predicted octanol–water partition coefficient (Wildman–Crippen LogP) is 5.74. The minimum Gasteiger partial charge on any atom is -0.469 e. The molecule has 1 aliphatic rings. The van der Waals surface area contributed by atoms with E-state index in [0.29, 0.717) is 28.0 Å². The summed E-state index contributed by atoms with van der Waals surface area (Å²) in [4.78, 5) is 40.4. The van der Waals surface area contributed by atoms with Crippen molar-refractivity contribution in [2.24, 2.45) is 5.92 Å². The monoisotopic (exact) mass is 560 g/mol. The third-order valence-corrected chi connectivity index (χ3v) is 7.87. The van der Waals surface area contributed by atoms with Crippen LogP contribution in [-0.2, 0) is 32.0 Å². The number of ether oxygens (including phenoxy) is 1. The molecule has 0 radical (unpaired) electrons. The van der Waals surface area contributed by atoms with Gasteiger partial charge >= 0.3 is 5.97 Å². The van der Waals surface area contributed by atoms with Crippen molar-refractivity contribution >= 4 is 61.4 Å². The first-order valence-corrected chi connectivity index (χ1v) is 13.1. The number of esters is 1. The average Bonchev–Trinajstić information content (AvgIpc) is 3.37. The number of hydrogen-bond acceptors (Lipinski definition) is 5. The first kappa shape index (κ1) is 25.4. The molecule has 0 spiro atoms. The zero-order valence-electron chi connectivity index (χ0n) is 19.5. The van der Waals surface area contributed by atoms with Gasteiger partial charge in [0, 0.05) is 40.0 Å². The average molecular weight is 561 g/mol. The second-order valence-electron chi connectivity index (χ2n) is 8.63. The highest BCUT2D eigenvalue weighted by Crippen LogP contribution is 2.41. The molecule has 9 heteroatoms. The van der Waals surface area contributed by atoms with Crippen LogP contribution in [0.15, 0.2) is 40.9 Å². The molecule has 4 rings (SSSR count). The van der Waals surface area contributed by atoms with Crippen molar-refractivity contribution in [1.29, 1.82) is 0 Å². The van der Waals surface area contributed by atoms with Crippen LogP contribution in [0.3, 0.4) is 0 Å². The molecule has 2 aromatic carbocycles. The fourth-order valence-corrected chi connectivity index (χ4v) is 5.96. The number of anilines is 1. The minimum absolute atomic E-state index is 0.0229. The van der Waals surface area contributed by atoms with Gasteiger partial charge in [-0.15, -0.1) is 0 Å². The third kappa shape index (κ3) is 5.78. The minimum atomic E-state index is -0.442. The molecular weight excluding hydrogens is 535 g/mol. The standard InChI is InChI=1S/C26H26BrFN2O4S/c1-14(31)35-13-22(19-6-3-15-11-16(27)4-7-18(15)19)26(33)30-25-20(8-10-24(32)34-2)21-12-17(28)5-9-23(21)29-25/h4-5,7,9,11-12,19,22,29H,3,6,8,10,13H2,1-2H3,(H,30,33). The summed E-state index contributed by atoms with van der Waals surface area (Å²) >= 11 is 4.65. The van der Waals surface area contributed by atoms with Crippen LogP contribution in [0.1, 0.15) is 42.4 Å². The Bertz CT molecular complexity index is 1290. The van der Waals surface area contributed by atoms with Gasteiger partial charge in [-0.3, -0.25) is 14.4 Å². The number of rotatable bonds is 8. The molecule has 6 nitrogen and oxygen atoms in total. The molecule has 0 fully saturated rings. The Hall–Kier alpha value is -2.65. The summed E-state index contributed by atoms with van der Waals surface area (Å²) in [5.41, 5.74) is 3.64. The number of hydrogen-bond donors (Lipinski definition) is 2. The van der Waals surface area contributed by atoms with Crippen LogP contribution in [0, 0.1) is 11.7 Å². The van der Waals surface area contributed by atoms with E-state index >= 15 is 0 Å². The van der Waals surface area contributed by atoms with Crippen molar-refractivity contribution in [1.82, 2.24) is 4.98 Å². The highest BCUT2D eigenvalue weighted by molar-refractivity contribution is 9.10. The molecular formula is C26H26BrFN2O4S. The number of benzene rings is 2. The summed E-state index contributed by atoms with van der Waals surface area (Å²) in [5, 5.41) is 3.56. The number of aromatic amines is 1. The fourth-order valence-electron chi connectivity index (χ4n) is 4.75. The van der Waals surface area contributed by atoms with Crippen molar-refractivity contribution in [3.05, 3.63) is 63.4 Å². The summed E-state index contributed by atoms with van der Waals surface area (Å²) in [7, 11) is 1.31. The van der Waals surface area contributed by atoms with Crippen LogP contribution in [0.2, 0.25) is 0 Å². The molecule has 1 heterocycles. The first-order chi connectivity index (χ1) is 16.8. The van der Waals surface area contributed by atoms with E-state index in [1.165, 1.54) is 31.7 Å². The Kier molecular flexibility index (Phi) is 7.96. The maximum atomic E-state index is 14.0. The van der Waals surface area contributed by atoms with E-state index < -0.39 is 17.7 Å². The number of amides is 1. The highest BCUT2D eigenvalue weighted by atomic mass is 79.9. The number of aromatic nitrogens is 1. The van der Waals surface area contributed by atoms with Gasteiger partial charge in [-0.1, -0.05) is 33.8 Å². The third-order valence-electron chi connectivity index (χ3n) is 6.44. The Labute approximate surface area is 215 Å². The molecule has 1 aliphatic carbocycles. The van der Waals surface area contributed by atoms with E-state index in [9.17, 15) is 18.8 Å². The number of aryl methyl sites for hydroxylation is 2. The van der Waals surface area contributed by atoms with E-state index in [2.05, 4.69) is 32.3 Å². The summed E-state index contributed by atoms with van der Waals surface area (Å²) in [6.45, 7) is 1.50. The maximum Gasteiger partial charge on any atom is 0.305 e. The van der Waals surface area contributed by atoms with Crippen LogP contribution >= 0.6 is 27.7 Å². The van der Waals surface area contributed by atoms with Gasteiger partial charge in [0.15, 0.2) is 5.12 Å². The topological polar surface area (TPSA) is 88.3 Å². The number of H-pyrrole nitrogens is 1. The van der Waals surface area contributed by atoms with Crippen molar-refractivity contribution in [3.8, 4) is 0 Å².